The zero-order valence-electron chi connectivity index (χ0n) is 12.1. The monoisotopic (exact) mass is 289 g/mol. The lowest BCUT2D eigenvalue weighted by Crippen LogP contribution is -2.32. The van der Waals surface area contributed by atoms with Crippen LogP contribution in [-0.2, 0) is 0 Å². The van der Waals surface area contributed by atoms with Crippen molar-refractivity contribution in [3.63, 3.8) is 0 Å². The van der Waals surface area contributed by atoms with Crippen molar-refractivity contribution in [2.45, 2.75) is 39.0 Å². The number of hydrogen-bond donors (Lipinski definition) is 0. The summed E-state index contributed by atoms with van der Waals surface area (Å²) in [5.74, 6) is 1.24. The van der Waals surface area contributed by atoms with E-state index in [1.165, 1.54) is 48.9 Å². The molecule has 1 N–H and O–H groups in total. The van der Waals surface area contributed by atoms with Crippen LogP contribution >= 0.6 is 11.6 Å². The first-order chi connectivity index (χ1) is 9.74. The highest BCUT2D eigenvalue weighted by Crippen LogP contribution is 2.23. The Kier molecular flexibility index (Phi) is 4.11. The summed E-state index contributed by atoms with van der Waals surface area (Å²) in [4.78, 5) is 6.06. The van der Waals surface area contributed by atoms with Gasteiger partial charge >= 0.3 is 0 Å². The lowest BCUT2D eigenvalue weighted by molar-refractivity contribution is -0.330. The Bertz CT molecular complexity index is 601. The fraction of sp³-hybridized carbons (Fsp3) is 0.471. The van der Waals surface area contributed by atoms with Gasteiger partial charge in [0.05, 0.1) is 13.1 Å². The van der Waals surface area contributed by atoms with Crippen LogP contribution in [0.4, 0.5) is 5.82 Å². The summed E-state index contributed by atoms with van der Waals surface area (Å²) >= 11 is 6.12. The van der Waals surface area contributed by atoms with Gasteiger partial charge in [-0.2, -0.15) is 0 Å². The number of anilines is 1. The molecule has 0 unspecified atom stereocenters. The van der Waals surface area contributed by atoms with E-state index >= 15 is 0 Å². The molecule has 2 aromatic rings. The smallest absolute Gasteiger partial charge is 0.262 e. The molecular weight excluding hydrogens is 268 g/mol. The van der Waals surface area contributed by atoms with Crippen molar-refractivity contribution in [2.24, 2.45) is 0 Å². The average Bonchev–Trinajstić information content (AvgIpc) is 2.37. The fourth-order valence-electron chi connectivity index (χ4n) is 3.08. The van der Waals surface area contributed by atoms with Crippen LogP contribution in [0.25, 0.3) is 10.9 Å². The molecule has 3 heteroatoms. The maximum atomic E-state index is 6.12. The van der Waals surface area contributed by atoms with Crippen molar-refractivity contribution in [2.75, 3.05) is 18.0 Å². The second-order valence-corrected chi connectivity index (χ2v) is 6.22. The SMILES string of the molecule is Cc1cc(N2CCCCCCC2)[nH+]c2cc(Cl)ccc12. The highest BCUT2D eigenvalue weighted by molar-refractivity contribution is 6.31. The maximum Gasteiger partial charge on any atom is 0.275 e. The molecule has 0 spiro atoms. The highest BCUT2D eigenvalue weighted by Gasteiger charge is 2.18. The van der Waals surface area contributed by atoms with E-state index in [1.807, 2.05) is 12.1 Å². The molecule has 0 atom stereocenters. The van der Waals surface area contributed by atoms with Gasteiger partial charge in [-0.1, -0.05) is 18.0 Å². The lowest BCUT2D eigenvalue weighted by atomic mass is 10.1. The molecule has 0 aliphatic carbocycles. The molecule has 1 aliphatic heterocycles. The Hall–Kier alpha value is -1.28. The first kappa shape index (κ1) is 13.7. The zero-order chi connectivity index (χ0) is 13.9. The molecule has 0 radical (unpaired) electrons. The van der Waals surface area contributed by atoms with Crippen molar-refractivity contribution in [1.29, 1.82) is 0 Å². The summed E-state index contributed by atoms with van der Waals surface area (Å²) in [5.41, 5.74) is 2.45. The third-order valence-electron chi connectivity index (χ3n) is 4.22. The van der Waals surface area contributed by atoms with E-state index < -0.39 is 0 Å². The Morgan fingerprint density at radius 1 is 1.00 bits per heavy atom. The van der Waals surface area contributed by atoms with Crippen LogP contribution in [0.5, 0.6) is 0 Å². The number of benzene rings is 1. The Balaban J connectivity index is 1.97. The number of halogens is 1. The molecule has 2 nitrogen and oxygen atoms in total. The molecule has 106 valence electrons. The van der Waals surface area contributed by atoms with Crippen LogP contribution < -0.4 is 9.88 Å². The molecule has 2 heterocycles. The van der Waals surface area contributed by atoms with Gasteiger partial charge < -0.3 is 0 Å². The summed E-state index contributed by atoms with van der Waals surface area (Å²) in [6, 6.07) is 8.36. The normalized spacial score (nSPS) is 17.0. The predicted molar refractivity (Wildman–Crippen MR) is 85.5 cm³/mol. The molecule has 3 rings (SSSR count). The predicted octanol–water partition coefficient (Wildman–Crippen LogP) is 4.39. The van der Waals surface area contributed by atoms with Crippen LogP contribution in [0.15, 0.2) is 24.3 Å². The zero-order valence-corrected chi connectivity index (χ0v) is 12.8. The minimum Gasteiger partial charge on any atom is -0.262 e. The van der Waals surface area contributed by atoms with Gasteiger partial charge in [0.2, 0.25) is 0 Å². The molecule has 20 heavy (non-hydrogen) atoms. The minimum atomic E-state index is 0.790. The second-order valence-electron chi connectivity index (χ2n) is 5.78. The largest absolute Gasteiger partial charge is 0.275 e. The van der Waals surface area contributed by atoms with Crippen molar-refractivity contribution in [1.82, 2.24) is 0 Å². The number of rotatable bonds is 1. The van der Waals surface area contributed by atoms with Gasteiger partial charge in [-0.25, -0.2) is 4.98 Å². The van der Waals surface area contributed by atoms with Gasteiger partial charge in [-0.3, -0.25) is 4.90 Å². The molecule has 0 saturated carbocycles. The van der Waals surface area contributed by atoms with Crippen LogP contribution in [0.1, 0.15) is 37.7 Å². The lowest BCUT2D eigenvalue weighted by Gasteiger charge is -2.20. The number of H-pyrrole nitrogens is 1. The average molecular weight is 290 g/mol. The van der Waals surface area contributed by atoms with Gasteiger partial charge in [0.15, 0.2) is 0 Å². The number of pyridine rings is 1. The number of aromatic nitrogens is 1. The summed E-state index contributed by atoms with van der Waals surface area (Å²) in [5, 5.41) is 2.04. The number of nitrogens with one attached hydrogen (secondary N) is 1. The Morgan fingerprint density at radius 3 is 2.45 bits per heavy atom. The molecule has 0 bridgehead atoms. The maximum absolute atomic E-state index is 6.12. The summed E-state index contributed by atoms with van der Waals surface area (Å²) in [6.07, 6.45) is 6.69. The fourth-order valence-corrected chi connectivity index (χ4v) is 3.25. The molecule has 1 aromatic carbocycles. The first-order valence-electron chi connectivity index (χ1n) is 7.61. The van der Waals surface area contributed by atoms with Crippen molar-refractivity contribution < 1.29 is 4.98 Å². The quantitative estimate of drug-likeness (QED) is 0.761. The summed E-state index contributed by atoms with van der Waals surface area (Å²) in [6.45, 7) is 4.49. The Morgan fingerprint density at radius 2 is 1.70 bits per heavy atom. The van der Waals surface area contributed by atoms with Gasteiger partial charge in [-0.15, -0.1) is 0 Å². The van der Waals surface area contributed by atoms with Gasteiger partial charge in [0.1, 0.15) is 5.52 Å². The third kappa shape index (κ3) is 2.90. The van der Waals surface area contributed by atoms with Crippen molar-refractivity contribution in [3.8, 4) is 0 Å². The van der Waals surface area contributed by atoms with Crippen LogP contribution in [0.3, 0.4) is 0 Å². The van der Waals surface area contributed by atoms with Gasteiger partial charge in [0, 0.05) is 22.5 Å². The molecular formula is C17H22ClN2+. The molecule has 1 aliphatic rings. The van der Waals surface area contributed by atoms with E-state index in [1.54, 1.807) is 0 Å². The highest BCUT2D eigenvalue weighted by atomic mass is 35.5. The first-order valence-corrected chi connectivity index (χ1v) is 7.99. The Labute approximate surface area is 125 Å². The van der Waals surface area contributed by atoms with Gasteiger partial charge in [0.25, 0.3) is 5.82 Å². The number of nitrogens with zero attached hydrogens (tertiary/aromatic N) is 1. The molecule has 1 aromatic heterocycles. The molecule has 0 amide bonds. The number of hydrogen-bond acceptors (Lipinski definition) is 1. The number of aryl methyl sites for hydroxylation is 1. The van der Waals surface area contributed by atoms with Gasteiger partial charge in [-0.05, 0) is 50.3 Å². The number of aromatic amines is 1. The third-order valence-corrected chi connectivity index (χ3v) is 4.45. The van der Waals surface area contributed by atoms with Crippen molar-refractivity contribution >= 4 is 28.3 Å². The van der Waals surface area contributed by atoms with E-state index in [0.717, 1.165) is 23.6 Å². The van der Waals surface area contributed by atoms with E-state index in [4.69, 9.17) is 11.6 Å². The number of fused-ring (bicyclic) bond motifs is 1. The summed E-state index contributed by atoms with van der Waals surface area (Å²) < 4.78 is 0. The van der Waals surface area contributed by atoms with Crippen LogP contribution in [0, 0.1) is 6.92 Å². The van der Waals surface area contributed by atoms with E-state index in [2.05, 4.69) is 28.9 Å². The topological polar surface area (TPSA) is 17.4 Å². The molecule has 1 fully saturated rings. The van der Waals surface area contributed by atoms with Crippen molar-refractivity contribution in [3.05, 3.63) is 34.9 Å². The van der Waals surface area contributed by atoms with E-state index in [-0.39, 0.29) is 0 Å². The standard InChI is InChI=1S/C17H21ClN2/c1-13-11-17(20-9-5-3-2-4-6-10-20)19-16-12-14(18)7-8-15(13)16/h7-8,11-12H,2-6,9-10H2,1H3/p+1. The van der Waals surface area contributed by atoms with E-state index in [9.17, 15) is 0 Å². The van der Waals surface area contributed by atoms with E-state index in [0.29, 0.717) is 0 Å². The second kappa shape index (κ2) is 6.01. The van der Waals surface area contributed by atoms with Crippen LogP contribution in [0.2, 0.25) is 5.02 Å². The summed E-state index contributed by atoms with van der Waals surface area (Å²) in [7, 11) is 0. The van der Waals surface area contributed by atoms with Crippen LogP contribution in [-0.4, -0.2) is 13.1 Å². The minimum absolute atomic E-state index is 0.790. The molecule has 1 saturated heterocycles.